The van der Waals surface area contributed by atoms with Gasteiger partial charge < -0.3 is 10.6 Å². The summed E-state index contributed by atoms with van der Waals surface area (Å²) in [7, 11) is 0. The molecule has 2 aromatic carbocycles. The second kappa shape index (κ2) is 6.92. The molecule has 2 N–H and O–H groups in total. The molecule has 3 nitrogen and oxygen atoms in total. The SMILES string of the molecule is CCC(NCc1ccc(F)cc1)C(=O)c1ccc2c(c1)CCN2. The average molecular weight is 312 g/mol. The lowest BCUT2D eigenvalue weighted by atomic mass is 9.99. The molecule has 0 aromatic heterocycles. The second-order valence-electron chi connectivity index (χ2n) is 5.88. The fourth-order valence-electron chi connectivity index (χ4n) is 2.93. The molecule has 2 aromatic rings. The summed E-state index contributed by atoms with van der Waals surface area (Å²) in [6, 6.07) is 12.0. The van der Waals surface area contributed by atoms with Crippen molar-refractivity contribution in [3.8, 4) is 0 Å². The summed E-state index contributed by atoms with van der Waals surface area (Å²) in [6.45, 7) is 3.49. The van der Waals surface area contributed by atoms with E-state index < -0.39 is 0 Å². The minimum absolute atomic E-state index is 0.115. The number of anilines is 1. The Hall–Kier alpha value is -2.20. The van der Waals surface area contributed by atoms with Gasteiger partial charge in [0.15, 0.2) is 5.78 Å². The van der Waals surface area contributed by atoms with Crippen molar-refractivity contribution in [3.63, 3.8) is 0 Å². The summed E-state index contributed by atoms with van der Waals surface area (Å²) >= 11 is 0. The Labute approximate surface area is 135 Å². The van der Waals surface area contributed by atoms with Crippen molar-refractivity contribution in [2.45, 2.75) is 32.4 Å². The van der Waals surface area contributed by atoms with Crippen molar-refractivity contribution in [2.75, 3.05) is 11.9 Å². The van der Waals surface area contributed by atoms with E-state index in [9.17, 15) is 9.18 Å². The van der Waals surface area contributed by atoms with E-state index in [0.29, 0.717) is 6.54 Å². The molecule has 1 atom stereocenters. The summed E-state index contributed by atoms with van der Waals surface area (Å²) in [6.07, 6.45) is 1.69. The van der Waals surface area contributed by atoms with Crippen LogP contribution in [0.5, 0.6) is 0 Å². The van der Waals surface area contributed by atoms with Crippen molar-refractivity contribution in [1.82, 2.24) is 5.32 Å². The number of hydrogen-bond donors (Lipinski definition) is 2. The van der Waals surface area contributed by atoms with Gasteiger partial charge in [0, 0.05) is 24.3 Å². The quantitative estimate of drug-likeness (QED) is 0.802. The maximum absolute atomic E-state index is 12.9. The molecule has 0 aliphatic carbocycles. The standard InChI is InChI=1S/C19H21FN2O/c1-2-17(22-12-13-3-6-16(20)7-4-13)19(23)15-5-8-18-14(11-15)9-10-21-18/h3-8,11,17,21-22H,2,9-10,12H2,1H3. The van der Waals surface area contributed by atoms with Crippen LogP contribution in [0.25, 0.3) is 0 Å². The molecule has 23 heavy (non-hydrogen) atoms. The molecule has 0 saturated carbocycles. The van der Waals surface area contributed by atoms with Crippen LogP contribution >= 0.6 is 0 Å². The molecule has 120 valence electrons. The van der Waals surface area contributed by atoms with E-state index >= 15 is 0 Å². The molecule has 0 spiro atoms. The first kappa shape index (κ1) is 15.7. The molecular formula is C19H21FN2O. The average Bonchev–Trinajstić information content (AvgIpc) is 3.04. The lowest BCUT2D eigenvalue weighted by Gasteiger charge is -2.16. The smallest absolute Gasteiger partial charge is 0.179 e. The second-order valence-corrected chi connectivity index (χ2v) is 5.88. The van der Waals surface area contributed by atoms with Crippen LogP contribution in [-0.2, 0) is 13.0 Å². The number of rotatable bonds is 6. The van der Waals surface area contributed by atoms with Crippen molar-refractivity contribution in [1.29, 1.82) is 0 Å². The molecule has 0 saturated heterocycles. The van der Waals surface area contributed by atoms with E-state index in [0.717, 1.165) is 36.2 Å². The minimum Gasteiger partial charge on any atom is -0.384 e. The molecule has 1 aliphatic heterocycles. The number of carbonyl (C=O) groups is 1. The molecule has 0 fully saturated rings. The molecule has 0 radical (unpaired) electrons. The number of hydrogen-bond acceptors (Lipinski definition) is 3. The molecule has 1 heterocycles. The summed E-state index contributed by atoms with van der Waals surface area (Å²) in [5.41, 5.74) is 4.07. The predicted octanol–water partition coefficient (Wildman–Crippen LogP) is 3.54. The van der Waals surface area contributed by atoms with Gasteiger partial charge in [-0.3, -0.25) is 4.79 Å². The fourth-order valence-corrected chi connectivity index (χ4v) is 2.93. The largest absolute Gasteiger partial charge is 0.384 e. The normalized spacial score (nSPS) is 14.2. The fraction of sp³-hybridized carbons (Fsp3) is 0.316. The van der Waals surface area contributed by atoms with Gasteiger partial charge in [0.2, 0.25) is 0 Å². The number of Topliss-reactive ketones (excluding diaryl/α,β-unsaturated/α-hetero) is 1. The Morgan fingerprint density at radius 3 is 2.78 bits per heavy atom. The number of nitrogens with one attached hydrogen (secondary N) is 2. The molecule has 3 rings (SSSR count). The molecule has 4 heteroatoms. The van der Waals surface area contributed by atoms with Crippen molar-refractivity contribution in [2.24, 2.45) is 0 Å². The number of ketones is 1. The van der Waals surface area contributed by atoms with E-state index in [1.165, 1.54) is 17.7 Å². The number of fused-ring (bicyclic) bond motifs is 1. The maximum atomic E-state index is 12.9. The van der Waals surface area contributed by atoms with Crippen molar-refractivity contribution >= 4 is 11.5 Å². The molecule has 0 bridgehead atoms. The highest BCUT2D eigenvalue weighted by Gasteiger charge is 2.20. The molecule has 1 aliphatic rings. The number of halogens is 1. The number of benzene rings is 2. The van der Waals surface area contributed by atoms with Crippen LogP contribution in [0.4, 0.5) is 10.1 Å². The Morgan fingerprint density at radius 1 is 1.26 bits per heavy atom. The van der Waals surface area contributed by atoms with Crippen LogP contribution in [0.2, 0.25) is 0 Å². The van der Waals surface area contributed by atoms with Crippen LogP contribution in [0.15, 0.2) is 42.5 Å². The zero-order valence-corrected chi connectivity index (χ0v) is 13.2. The van der Waals surface area contributed by atoms with E-state index in [4.69, 9.17) is 0 Å². The predicted molar refractivity (Wildman–Crippen MR) is 90.3 cm³/mol. The van der Waals surface area contributed by atoms with Gasteiger partial charge in [0.25, 0.3) is 0 Å². The van der Waals surface area contributed by atoms with E-state index in [2.05, 4.69) is 10.6 Å². The molecule has 1 unspecified atom stereocenters. The van der Waals surface area contributed by atoms with Gasteiger partial charge in [-0.05, 0) is 54.3 Å². The van der Waals surface area contributed by atoms with Gasteiger partial charge in [0.1, 0.15) is 5.82 Å². The monoisotopic (exact) mass is 312 g/mol. The Balaban J connectivity index is 1.67. The van der Waals surface area contributed by atoms with Gasteiger partial charge in [0.05, 0.1) is 6.04 Å². The first-order valence-electron chi connectivity index (χ1n) is 8.06. The number of carbonyl (C=O) groups excluding carboxylic acids is 1. The highest BCUT2D eigenvalue weighted by Crippen LogP contribution is 2.23. The summed E-state index contributed by atoms with van der Waals surface area (Å²) < 4.78 is 12.9. The Morgan fingerprint density at radius 2 is 2.04 bits per heavy atom. The van der Waals surface area contributed by atoms with Crippen molar-refractivity contribution < 1.29 is 9.18 Å². The maximum Gasteiger partial charge on any atom is 0.179 e. The lowest BCUT2D eigenvalue weighted by molar-refractivity contribution is 0.0939. The Kier molecular flexibility index (Phi) is 4.72. The molecule has 0 amide bonds. The highest BCUT2D eigenvalue weighted by molar-refractivity contribution is 6.00. The Bertz CT molecular complexity index is 697. The van der Waals surface area contributed by atoms with Crippen LogP contribution in [0, 0.1) is 5.82 Å². The van der Waals surface area contributed by atoms with Crippen LogP contribution in [0.1, 0.15) is 34.8 Å². The van der Waals surface area contributed by atoms with Crippen LogP contribution in [-0.4, -0.2) is 18.4 Å². The third kappa shape index (κ3) is 3.59. The third-order valence-corrected chi connectivity index (χ3v) is 4.29. The van der Waals surface area contributed by atoms with E-state index in [-0.39, 0.29) is 17.6 Å². The first-order chi connectivity index (χ1) is 11.2. The van der Waals surface area contributed by atoms with Gasteiger partial charge in [-0.25, -0.2) is 4.39 Å². The zero-order valence-electron chi connectivity index (χ0n) is 13.2. The van der Waals surface area contributed by atoms with Gasteiger partial charge in [-0.15, -0.1) is 0 Å². The van der Waals surface area contributed by atoms with Gasteiger partial charge in [-0.1, -0.05) is 19.1 Å². The zero-order chi connectivity index (χ0) is 16.2. The minimum atomic E-state index is -0.247. The van der Waals surface area contributed by atoms with Crippen LogP contribution in [0.3, 0.4) is 0 Å². The van der Waals surface area contributed by atoms with Gasteiger partial charge >= 0.3 is 0 Å². The van der Waals surface area contributed by atoms with E-state index in [1.54, 1.807) is 12.1 Å². The summed E-state index contributed by atoms with van der Waals surface area (Å²) in [5, 5.41) is 6.59. The van der Waals surface area contributed by atoms with Gasteiger partial charge in [-0.2, -0.15) is 0 Å². The topological polar surface area (TPSA) is 41.1 Å². The van der Waals surface area contributed by atoms with Crippen molar-refractivity contribution in [3.05, 3.63) is 65.0 Å². The third-order valence-electron chi connectivity index (χ3n) is 4.29. The van der Waals surface area contributed by atoms with E-state index in [1.807, 2.05) is 25.1 Å². The first-order valence-corrected chi connectivity index (χ1v) is 8.06. The highest BCUT2D eigenvalue weighted by atomic mass is 19.1. The lowest BCUT2D eigenvalue weighted by Crippen LogP contribution is -2.35. The van der Waals surface area contributed by atoms with Crippen LogP contribution < -0.4 is 10.6 Å². The molecular weight excluding hydrogens is 291 g/mol. The summed E-state index contributed by atoms with van der Waals surface area (Å²) in [5.74, 6) is -0.132. The summed E-state index contributed by atoms with van der Waals surface area (Å²) in [4.78, 5) is 12.7.